The molecule has 1 saturated heterocycles. The number of nitrogens with zero attached hydrogens (tertiary/aromatic N) is 4. The number of nitrogens with one attached hydrogen (secondary N) is 1. The van der Waals surface area contributed by atoms with Crippen LogP contribution in [0, 0.1) is 5.92 Å². The van der Waals surface area contributed by atoms with Crippen LogP contribution in [0.3, 0.4) is 0 Å². The Balaban J connectivity index is 2.01. The third kappa shape index (κ3) is 2.09. The molecule has 0 radical (unpaired) electrons. The minimum Gasteiger partial charge on any atom is -0.307 e. The van der Waals surface area contributed by atoms with Crippen LogP contribution >= 0.6 is 0 Å². The lowest BCUT2D eigenvalue weighted by molar-refractivity contribution is 0.426. The van der Waals surface area contributed by atoms with E-state index in [4.69, 9.17) is 0 Å². The van der Waals surface area contributed by atoms with Crippen LogP contribution in [0.25, 0.3) is 0 Å². The smallest absolute Gasteiger partial charge is 0.191 e. The second-order valence-corrected chi connectivity index (χ2v) is 4.25. The van der Waals surface area contributed by atoms with E-state index in [9.17, 15) is 0 Å². The Labute approximate surface area is 83.9 Å². The summed E-state index contributed by atoms with van der Waals surface area (Å²) in [6, 6.07) is 0.330. The van der Waals surface area contributed by atoms with Crippen LogP contribution in [0.2, 0.25) is 0 Å². The lowest BCUT2D eigenvalue weighted by Gasteiger charge is -2.03. The zero-order valence-electron chi connectivity index (χ0n) is 8.77. The largest absolute Gasteiger partial charge is 0.307 e. The fraction of sp³-hybridized carbons (Fsp3) is 0.889. The summed E-state index contributed by atoms with van der Waals surface area (Å²) in [6.07, 6.45) is 2.34. The van der Waals surface area contributed by atoms with Gasteiger partial charge in [-0.1, -0.05) is 13.8 Å². The van der Waals surface area contributed by atoms with Gasteiger partial charge in [0.05, 0.1) is 12.6 Å². The van der Waals surface area contributed by atoms with E-state index in [0.29, 0.717) is 12.0 Å². The molecule has 1 unspecified atom stereocenters. The molecule has 1 aromatic heterocycles. The summed E-state index contributed by atoms with van der Waals surface area (Å²) in [5.74, 6) is 1.41. The Kier molecular flexibility index (Phi) is 2.77. The lowest BCUT2D eigenvalue weighted by atomic mass is 10.2. The average Bonchev–Trinajstić information content (AvgIpc) is 2.69. The Morgan fingerprint density at radius 3 is 3.07 bits per heavy atom. The summed E-state index contributed by atoms with van der Waals surface area (Å²) in [7, 11) is 0. The average molecular weight is 195 g/mol. The van der Waals surface area contributed by atoms with Gasteiger partial charge in [-0.05, 0) is 30.5 Å². The molecular formula is C9H17N5. The highest BCUT2D eigenvalue weighted by atomic mass is 15.6. The van der Waals surface area contributed by atoms with Crippen molar-refractivity contribution in [1.29, 1.82) is 0 Å². The van der Waals surface area contributed by atoms with Crippen molar-refractivity contribution in [2.45, 2.75) is 39.3 Å². The Bertz CT molecular complexity index is 287. The normalized spacial score (nSPS) is 22.1. The molecule has 1 aliphatic rings. The summed E-state index contributed by atoms with van der Waals surface area (Å²) in [6.45, 7) is 6.22. The van der Waals surface area contributed by atoms with Crippen molar-refractivity contribution < 1.29 is 0 Å². The minimum absolute atomic E-state index is 0.330. The summed E-state index contributed by atoms with van der Waals surface area (Å²) >= 11 is 0. The molecule has 1 N–H and O–H groups in total. The molecule has 1 aliphatic heterocycles. The van der Waals surface area contributed by atoms with Gasteiger partial charge in [0.15, 0.2) is 5.82 Å². The summed E-state index contributed by atoms with van der Waals surface area (Å²) in [5.41, 5.74) is 0. The molecule has 0 spiro atoms. The second kappa shape index (κ2) is 4.04. The van der Waals surface area contributed by atoms with Crippen molar-refractivity contribution in [2.75, 3.05) is 6.54 Å². The SMILES string of the molecule is CC(C)Cn1nnc(C2CCCN2)n1. The summed E-state index contributed by atoms with van der Waals surface area (Å²) < 4.78 is 0. The molecule has 2 heterocycles. The highest BCUT2D eigenvalue weighted by molar-refractivity contribution is 4.92. The molecule has 1 fully saturated rings. The maximum Gasteiger partial charge on any atom is 0.191 e. The van der Waals surface area contributed by atoms with E-state index in [1.165, 1.54) is 6.42 Å². The van der Waals surface area contributed by atoms with E-state index < -0.39 is 0 Å². The van der Waals surface area contributed by atoms with Gasteiger partial charge in [-0.3, -0.25) is 0 Å². The predicted octanol–water partition coefficient (Wildman–Crippen LogP) is 0.754. The van der Waals surface area contributed by atoms with Gasteiger partial charge in [0.25, 0.3) is 0 Å². The summed E-state index contributed by atoms with van der Waals surface area (Å²) in [5, 5.41) is 15.8. The Hall–Kier alpha value is -0.970. The minimum atomic E-state index is 0.330. The first-order valence-electron chi connectivity index (χ1n) is 5.27. The van der Waals surface area contributed by atoms with E-state index in [-0.39, 0.29) is 0 Å². The van der Waals surface area contributed by atoms with Gasteiger partial charge >= 0.3 is 0 Å². The first-order valence-corrected chi connectivity index (χ1v) is 5.27. The Morgan fingerprint density at radius 1 is 1.57 bits per heavy atom. The van der Waals surface area contributed by atoms with Crippen LogP contribution in [-0.4, -0.2) is 26.8 Å². The number of rotatable bonds is 3. The zero-order chi connectivity index (χ0) is 9.97. The van der Waals surface area contributed by atoms with Gasteiger partial charge in [0.1, 0.15) is 0 Å². The highest BCUT2D eigenvalue weighted by Crippen LogP contribution is 2.18. The monoisotopic (exact) mass is 195 g/mol. The fourth-order valence-corrected chi connectivity index (χ4v) is 1.70. The van der Waals surface area contributed by atoms with Gasteiger partial charge in [-0.25, -0.2) is 0 Å². The van der Waals surface area contributed by atoms with Crippen molar-refractivity contribution in [1.82, 2.24) is 25.5 Å². The molecule has 78 valence electrons. The second-order valence-electron chi connectivity index (χ2n) is 4.25. The van der Waals surface area contributed by atoms with Crippen molar-refractivity contribution in [3.05, 3.63) is 5.82 Å². The first kappa shape index (κ1) is 9.58. The topological polar surface area (TPSA) is 55.6 Å². The maximum atomic E-state index is 4.36. The van der Waals surface area contributed by atoms with Gasteiger partial charge in [-0.2, -0.15) is 4.80 Å². The molecule has 0 aromatic carbocycles. The van der Waals surface area contributed by atoms with Crippen molar-refractivity contribution >= 4 is 0 Å². The van der Waals surface area contributed by atoms with E-state index in [1.54, 1.807) is 4.80 Å². The maximum absolute atomic E-state index is 4.36. The lowest BCUT2D eigenvalue weighted by Crippen LogP contribution is -2.15. The fourth-order valence-electron chi connectivity index (χ4n) is 1.70. The van der Waals surface area contributed by atoms with E-state index in [0.717, 1.165) is 25.3 Å². The molecule has 0 bridgehead atoms. The van der Waals surface area contributed by atoms with Gasteiger partial charge < -0.3 is 5.32 Å². The third-order valence-electron chi connectivity index (χ3n) is 2.37. The molecule has 5 nitrogen and oxygen atoms in total. The molecule has 1 atom stereocenters. The molecule has 1 aromatic rings. The first-order chi connectivity index (χ1) is 6.75. The third-order valence-corrected chi connectivity index (χ3v) is 2.37. The Morgan fingerprint density at radius 2 is 2.43 bits per heavy atom. The van der Waals surface area contributed by atoms with Crippen LogP contribution in [0.4, 0.5) is 0 Å². The van der Waals surface area contributed by atoms with Crippen LogP contribution < -0.4 is 5.32 Å². The molecular weight excluding hydrogens is 178 g/mol. The zero-order valence-corrected chi connectivity index (χ0v) is 8.77. The molecule has 0 amide bonds. The van der Waals surface area contributed by atoms with Crippen LogP contribution in [0.1, 0.15) is 38.6 Å². The van der Waals surface area contributed by atoms with Crippen molar-refractivity contribution in [3.63, 3.8) is 0 Å². The standard InChI is InChI=1S/C9H17N5/c1-7(2)6-14-12-9(11-13-14)8-4-3-5-10-8/h7-8,10H,3-6H2,1-2H3. The van der Waals surface area contributed by atoms with Crippen molar-refractivity contribution in [3.8, 4) is 0 Å². The number of hydrogen-bond donors (Lipinski definition) is 1. The van der Waals surface area contributed by atoms with Gasteiger partial charge in [-0.15, -0.1) is 10.2 Å². The van der Waals surface area contributed by atoms with Crippen LogP contribution in [-0.2, 0) is 6.54 Å². The van der Waals surface area contributed by atoms with E-state index in [1.807, 2.05) is 0 Å². The van der Waals surface area contributed by atoms with E-state index >= 15 is 0 Å². The van der Waals surface area contributed by atoms with Crippen LogP contribution in [0.15, 0.2) is 0 Å². The quantitative estimate of drug-likeness (QED) is 0.773. The predicted molar refractivity (Wildman–Crippen MR) is 52.6 cm³/mol. The van der Waals surface area contributed by atoms with Crippen molar-refractivity contribution in [2.24, 2.45) is 5.92 Å². The van der Waals surface area contributed by atoms with E-state index in [2.05, 4.69) is 34.6 Å². The number of aromatic nitrogens is 4. The summed E-state index contributed by atoms with van der Waals surface area (Å²) in [4.78, 5) is 1.69. The molecule has 5 heteroatoms. The molecule has 0 aliphatic carbocycles. The van der Waals surface area contributed by atoms with Gasteiger partial charge in [0.2, 0.25) is 0 Å². The number of hydrogen-bond acceptors (Lipinski definition) is 4. The molecule has 14 heavy (non-hydrogen) atoms. The molecule has 2 rings (SSSR count). The van der Waals surface area contributed by atoms with Crippen LogP contribution in [0.5, 0.6) is 0 Å². The number of tetrazole rings is 1. The molecule has 0 saturated carbocycles. The highest BCUT2D eigenvalue weighted by Gasteiger charge is 2.20. The van der Waals surface area contributed by atoms with Gasteiger partial charge in [0, 0.05) is 0 Å².